The average molecular weight is 304 g/mol. The lowest BCUT2D eigenvalue weighted by molar-refractivity contribution is -0.402. The minimum absolute atomic E-state index is 0.00732. The highest BCUT2D eigenvalue weighted by atomic mass is 32.2. The Bertz CT molecular complexity index is 671. The van der Waals surface area contributed by atoms with E-state index in [0.717, 1.165) is 5.56 Å². The zero-order valence-corrected chi connectivity index (χ0v) is 11.8. The maximum absolute atomic E-state index is 12.0. The van der Waals surface area contributed by atoms with E-state index in [2.05, 4.69) is 0 Å². The fraction of sp³-hybridized carbons (Fsp3) is 0.214. The molecule has 1 fully saturated rings. The number of carbonyl (C=O) groups excluding carboxylic acids is 1. The molecule has 1 aromatic carbocycles. The smallest absolute Gasteiger partial charge is 0.403 e. The van der Waals surface area contributed by atoms with Crippen molar-refractivity contribution in [2.75, 3.05) is 5.75 Å². The summed E-state index contributed by atoms with van der Waals surface area (Å²) in [4.78, 5) is 23.8. The van der Waals surface area contributed by atoms with Crippen molar-refractivity contribution in [1.29, 1.82) is 0 Å². The first kappa shape index (κ1) is 13.7. The molecule has 0 radical (unpaired) electrons. The van der Waals surface area contributed by atoms with E-state index in [1.54, 1.807) is 11.0 Å². The van der Waals surface area contributed by atoms with Gasteiger partial charge in [-0.2, -0.15) is 0 Å². The fourth-order valence-corrected chi connectivity index (χ4v) is 3.34. The van der Waals surface area contributed by atoms with E-state index in [4.69, 9.17) is 4.42 Å². The van der Waals surface area contributed by atoms with Crippen LogP contribution in [0.1, 0.15) is 16.7 Å². The first-order valence-electron chi connectivity index (χ1n) is 6.34. The second-order valence-electron chi connectivity index (χ2n) is 4.60. The van der Waals surface area contributed by atoms with Crippen LogP contribution in [-0.2, 0) is 11.3 Å². The number of hydrogen-bond donors (Lipinski definition) is 0. The van der Waals surface area contributed by atoms with Crippen LogP contribution in [0.15, 0.2) is 46.9 Å². The third-order valence-electron chi connectivity index (χ3n) is 3.20. The molecule has 3 rings (SSSR count). The summed E-state index contributed by atoms with van der Waals surface area (Å²) in [7, 11) is 0. The molecule has 0 unspecified atom stereocenters. The van der Waals surface area contributed by atoms with Gasteiger partial charge in [-0.05, 0) is 11.6 Å². The monoisotopic (exact) mass is 304 g/mol. The SMILES string of the molecule is O=C1CS[C@H](c2ccc([N+](=O)[O-])o2)N1Cc1ccccc1. The van der Waals surface area contributed by atoms with Crippen molar-refractivity contribution >= 4 is 23.6 Å². The number of amides is 1. The van der Waals surface area contributed by atoms with Crippen molar-refractivity contribution in [3.63, 3.8) is 0 Å². The third kappa shape index (κ3) is 2.78. The summed E-state index contributed by atoms with van der Waals surface area (Å²) in [6, 6.07) is 12.5. The first-order chi connectivity index (χ1) is 10.1. The molecule has 108 valence electrons. The quantitative estimate of drug-likeness (QED) is 0.641. The molecule has 0 spiro atoms. The first-order valence-corrected chi connectivity index (χ1v) is 7.39. The normalized spacial score (nSPS) is 18.2. The molecule has 1 aliphatic rings. The Kier molecular flexibility index (Phi) is 3.66. The molecule has 0 bridgehead atoms. The summed E-state index contributed by atoms with van der Waals surface area (Å²) >= 11 is 1.42. The summed E-state index contributed by atoms with van der Waals surface area (Å²) < 4.78 is 5.23. The minimum atomic E-state index is -0.577. The highest BCUT2D eigenvalue weighted by Crippen LogP contribution is 2.41. The summed E-state index contributed by atoms with van der Waals surface area (Å²) in [6.07, 6.45) is 0. The number of nitro groups is 1. The average Bonchev–Trinajstić information content (AvgIpc) is 3.08. The Hall–Kier alpha value is -2.28. The second-order valence-corrected chi connectivity index (χ2v) is 5.67. The van der Waals surface area contributed by atoms with Gasteiger partial charge in [0.1, 0.15) is 16.1 Å². The van der Waals surface area contributed by atoms with E-state index in [1.165, 1.54) is 17.8 Å². The molecule has 6 nitrogen and oxygen atoms in total. The predicted molar refractivity (Wildman–Crippen MR) is 77.6 cm³/mol. The van der Waals surface area contributed by atoms with E-state index in [0.29, 0.717) is 18.1 Å². The summed E-state index contributed by atoms with van der Waals surface area (Å²) in [5, 5.41) is 10.4. The van der Waals surface area contributed by atoms with Gasteiger partial charge in [-0.25, -0.2) is 0 Å². The van der Waals surface area contributed by atoms with Crippen molar-refractivity contribution in [3.8, 4) is 0 Å². The van der Waals surface area contributed by atoms with Crippen molar-refractivity contribution in [2.24, 2.45) is 0 Å². The van der Waals surface area contributed by atoms with Crippen LogP contribution in [0.3, 0.4) is 0 Å². The number of thioether (sulfide) groups is 1. The molecule has 2 heterocycles. The third-order valence-corrected chi connectivity index (χ3v) is 4.42. The molecule has 0 saturated carbocycles. The van der Waals surface area contributed by atoms with Crippen LogP contribution >= 0.6 is 11.8 Å². The van der Waals surface area contributed by atoms with Gasteiger partial charge in [0.25, 0.3) is 0 Å². The number of benzene rings is 1. The zero-order chi connectivity index (χ0) is 14.8. The van der Waals surface area contributed by atoms with Gasteiger partial charge in [0, 0.05) is 6.54 Å². The lowest BCUT2D eigenvalue weighted by Crippen LogP contribution is -2.27. The highest BCUT2D eigenvalue weighted by molar-refractivity contribution is 8.00. The maximum Gasteiger partial charge on any atom is 0.433 e. The van der Waals surface area contributed by atoms with Gasteiger partial charge in [-0.3, -0.25) is 14.9 Å². The topological polar surface area (TPSA) is 76.6 Å². The Labute approximate surface area is 124 Å². The van der Waals surface area contributed by atoms with Crippen LogP contribution in [0, 0.1) is 10.1 Å². The number of furan rings is 1. The lowest BCUT2D eigenvalue weighted by Gasteiger charge is -2.22. The van der Waals surface area contributed by atoms with E-state index in [-0.39, 0.29) is 17.2 Å². The molecule has 1 aromatic heterocycles. The standard InChI is InChI=1S/C14H12N2O4S/c17-12-9-21-14(11-6-7-13(20-11)16(18)19)15(12)8-10-4-2-1-3-5-10/h1-7,14H,8-9H2/t14-/m1/s1. The summed E-state index contributed by atoms with van der Waals surface area (Å²) in [5.41, 5.74) is 1.01. The van der Waals surface area contributed by atoms with Crippen LogP contribution in [-0.4, -0.2) is 21.5 Å². The predicted octanol–water partition coefficient (Wildman–Crippen LogP) is 2.96. The van der Waals surface area contributed by atoms with Gasteiger partial charge < -0.3 is 9.32 Å². The number of rotatable bonds is 4. The minimum Gasteiger partial charge on any atom is -0.403 e. The Balaban J connectivity index is 1.83. The summed E-state index contributed by atoms with van der Waals surface area (Å²) in [5.74, 6) is 0.498. The van der Waals surface area contributed by atoms with Crippen LogP contribution < -0.4 is 0 Å². The van der Waals surface area contributed by atoms with E-state index in [9.17, 15) is 14.9 Å². The van der Waals surface area contributed by atoms with Gasteiger partial charge in [0.05, 0.1) is 11.8 Å². The van der Waals surface area contributed by atoms with E-state index >= 15 is 0 Å². The maximum atomic E-state index is 12.0. The van der Waals surface area contributed by atoms with E-state index < -0.39 is 4.92 Å². The van der Waals surface area contributed by atoms with Crippen LogP contribution in [0.25, 0.3) is 0 Å². The van der Waals surface area contributed by atoms with Crippen molar-refractivity contribution < 1.29 is 14.1 Å². The molecule has 2 aromatic rings. The molecule has 1 saturated heterocycles. The van der Waals surface area contributed by atoms with Gasteiger partial charge in [0.2, 0.25) is 5.91 Å². The number of nitrogens with zero attached hydrogens (tertiary/aromatic N) is 2. The lowest BCUT2D eigenvalue weighted by atomic mass is 10.2. The van der Waals surface area contributed by atoms with Crippen molar-refractivity contribution in [2.45, 2.75) is 11.9 Å². The molecule has 21 heavy (non-hydrogen) atoms. The van der Waals surface area contributed by atoms with Crippen LogP contribution in [0.4, 0.5) is 5.88 Å². The molecular weight excluding hydrogens is 292 g/mol. The molecule has 1 atom stereocenters. The second kappa shape index (κ2) is 5.61. The Morgan fingerprint density at radius 3 is 2.71 bits per heavy atom. The highest BCUT2D eigenvalue weighted by Gasteiger charge is 2.35. The largest absolute Gasteiger partial charge is 0.433 e. The Morgan fingerprint density at radius 2 is 2.05 bits per heavy atom. The van der Waals surface area contributed by atoms with Crippen molar-refractivity contribution in [3.05, 3.63) is 63.9 Å². The number of carbonyl (C=O) groups is 1. The molecule has 1 amide bonds. The number of hydrogen-bond acceptors (Lipinski definition) is 5. The summed E-state index contributed by atoms with van der Waals surface area (Å²) in [6.45, 7) is 0.464. The van der Waals surface area contributed by atoms with Gasteiger partial charge in [-0.1, -0.05) is 30.3 Å². The van der Waals surface area contributed by atoms with E-state index in [1.807, 2.05) is 30.3 Å². The van der Waals surface area contributed by atoms with Gasteiger partial charge in [-0.15, -0.1) is 11.8 Å². The van der Waals surface area contributed by atoms with Crippen LogP contribution in [0.2, 0.25) is 0 Å². The Morgan fingerprint density at radius 1 is 1.29 bits per heavy atom. The fourth-order valence-electron chi connectivity index (χ4n) is 2.21. The molecule has 1 aliphatic heterocycles. The molecule has 0 aliphatic carbocycles. The van der Waals surface area contributed by atoms with Gasteiger partial charge in [0.15, 0.2) is 0 Å². The molecular formula is C14H12N2O4S. The molecule has 0 N–H and O–H groups in total. The zero-order valence-electron chi connectivity index (χ0n) is 11.0. The van der Waals surface area contributed by atoms with Crippen LogP contribution in [0.5, 0.6) is 0 Å². The van der Waals surface area contributed by atoms with Gasteiger partial charge >= 0.3 is 5.88 Å². The molecule has 7 heteroatoms. The van der Waals surface area contributed by atoms with Crippen molar-refractivity contribution in [1.82, 2.24) is 4.90 Å².